The number of ether oxygens (including phenoxy) is 2. The van der Waals surface area contributed by atoms with Gasteiger partial charge in [-0.1, -0.05) is 0 Å². The van der Waals surface area contributed by atoms with E-state index in [-0.39, 0.29) is 18.1 Å². The number of nitrogens with zero attached hydrogens (tertiary/aromatic N) is 1. The molecule has 2 heterocycles. The summed E-state index contributed by atoms with van der Waals surface area (Å²) < 4.78 is 19.9. The van der Waals surface area contributed by atoms with Crippen LogP contribution in [0.3, 0.4) is 0 Å². The molecule has 1 amide bonds. The lowest BCUT2D eigenvalue weighted by atomic mass is 10.2. The van der Waals surface area contributed by atoms with Crippen LogP contribution in [-0.2, 0) is 20.9 Å². The molecule has 0 radical (unpaired) electrons. The van der Waals surface area contributed by atoms with Crippen molar-refractivity contribution in [3.8, 4) is 0 Å². The summed E-state index contributed by atoms with van der Waals surface area (Å²) in [7, 11) is 0. The Kier molecular flexibility index (Phi) is 4.82. The predicted molar refractivity (Wildman–Crippen MR) is 77.7 cm³/mol. The third-order valence-electron chi connectivity index (χ3n) is 3.33. The van der Waals surface area contributed by atoms with Crippen LogP contribution in [0.5, 0.6) is 0 Å². The zero-order valence-electron chi connectivity index (χ0n) is 13.7. The fourth-order valence-electron chi connectivity index (χ4n) is 2.29. The standard InChI is InChI=1S/C15H21NO7/c1-9-11(22-14(19)21-9)8-20-12(17)10-6-5-7-16(10)13(18)23-15(2,3)4/h10H,5-8H2,1-4H3/t10-/m0/s1. The van der Waals surface area contributed by atoms with Crippen molar-refractivity contribution in [3.05, 3.63) is 22.1 Å². The Hall–Kier alpha value is -2.25. The highest BCUT2D eigenvalue weighted by atomic mass is 16.6. The van der Waals surface area contributed by atoms with Gasteiger partial charge in [0.15, 0.2) is 18.1 Å². The minimum atomic E-state index is -0.843. The van der Waals surface area contributed by atoms with E-state index >= 15 is 0 Å². The summed E-state index contributed by atoms with van der Waals surface area (Å²) in [5, 5.41) is 0. The fourth-order valence-corrected chi connectivity index (χ4v) is 2.29. The molecule has 0 saturated carbocycles. The number of carbonyl (C=O) groups is 2. The summed E-state index contributed by atoms with van der Waals surface area (Å²) in [5.74, 6) is -0.982. The van der Waals surface area contributed by atoms with Crippen LogP contribution in [0.2, 0.25) is 0 Å². The molecule has 1 aromatic heterocycles. The lowest BCUT2D eigenvalue weighted by molar-refractivity contribution is -0.150. The first-order valence-electron chi connectivity index (χ1n) is 7.43. The van der Waals surface area contributed by atoms with Gasteiger partial charge in [-0.05, 0) is 40.5 Å². The minimum absolute atomic E-state index is 0.158. The number of aryl methyl sites for hydroxylation is 1. The summed E-state index contributed by atoms with van der Waals surface area (Å²) >= 11 is 0. The van der Waals surface area contributed by atoms with E-state index in [9.17, 15) is 14.4 Å². The van der Waals surface area contributed by atoms with Gasteiger partial charge in [-0.2, -0.15) is 0 Å². The summed E-state index contributed by atoms with van der Waals surface area (Å²) in [6.45, 7) is 7.05. The Morgan fingerprint density at radius 3 is 2.57 bits per heavy atom. The van der Waals surface area contributed by atoms with Gasteiger partial charge in [0.1, 0.15) is 11.6 Å². The van der Waals surface area contributed by atoms with Gasteiger partial charge in [0.25, 0.3) is 0 Å². The Morgan fingerprint density at radius 1 is 1.30 bits per heavy atom. The van der Waals surface area contributed by atoms with Gasteiger partial charge in [-0.15, -0.1) is 0 Å². The average molecular weight is 327 g/mol. The third-order valence-corrected chi connectivity index (χ3v) is 3.33. The van der Waals surface area contributed by atoms with Crippen LogP contribution in [0, 0.1) is 6.92 Å². The molecule has 0 bridgehead atoms. The smallest absolute Gasteiger partial charge is 0.456 e. The van der Waals surface area contributed by atoms with Crippen LogP contribution in [0.1, 0.15) is 45.1 Å². The van der Waals surface area contributed by atoms with E-state index in [2.05, 4.69) is 4.42 Å². The van der Waals surface area contributed by atoms with Crippen LogP contribution >= 0.6 is 0 Å². The van der Waals surface area contributed by atoms with E-state index < -0.39 is 29.5 Å². The van der Waals surface area contributed by atoms with Crippen molar-refractivity contribution >= 4 is 12.1 Å². The molecule has 0 aromatic carbocycles. The Bertz CT molecular complexity index is 637. The summed E-state index contributed by atoms with van der Waals surface area (Å²) in [4.78, 5) is 36.6. The number of rotatable bonds is 3. The maximum atomic E-state index is 12.2. The van der Waals surface area contributed by atoms with Crippen molar-refractivity contribution in [2.24, 2.45) is 0 Å². The molecule has 0 N–H and O–H groups in total. The quantitative estimate of drug-likeness (QED) is 0.783. The van der Waals surface area contributed by atoms with Crippen LogP contribution in [0.4, 0.5) is 4.79 Å². The van der Waals surface area contributed by atoms with Gasteiger partial charge in [0, 0.05) is 6.54 Å². The van der Waals surface area contributed by atoms with E-state index in [4.69, 9.17) is 13.9 Å². The van der Waals surface area contributed by atoms with Crippen LogP contribution in [0.15, 0.2) is 13.6 Å². The maximum absolute atomic E-state index is 12.2. The molecule has 8 heteroatoms. The first-order valence-corrected chi connectivity index (χ1v) is 7.43. The number of likely N-dealkylation sites (tertiary alicyclic amines) is 1. The lowest BCUT2D eigenvalue weighted by Crippen LogP contribution is -2.44. The second-order valence-electron chi connectivity index (χ2n) is 6.37. The molecule has 1 fully saturated rings. The molecule has 8 nitrogen and oxygen atoms in total. The normalized spacial score (nSPS) is 18.1. The average Bonchev–Trinajstić information content (AvgIpc) is 3.00. The number of amides is 1. The van der Waals surface area contributed by atoms with Crippen LogP contribution < -0.4 is 5.82 Å². The van der Waals surface area contributed by atoms with E-state index in [1.54, 1.807) is 20.8 Å². The highest BCUT2D eigenvalue weighted by molar-refractivity contribution is 5.82. The highest BCUT2D eigenvalue weighted by Gasteiger charge is 2.37. The molecule has 23 heavy (non-hydrogen) atoms. The SMILES string of the molecule is Cc1oc(=O)oc1COC(=O)[C@@H]1CCCN1C(=O)OC(C)(C)C. The molecule has 1 aliphatic rings. The van der Waals surface area contributed by atoms with Crippen molar-refractivity contribution < 1.29 is 27.9 Å². The highest BCUT2D eigenvalue weighted by Crippen LogP contribution is 2.22. The first-order chi connectivity index (χ1) is 10.7. The Balaban J connectivity index is 1.96. The van der Waals surface area contributed by atoms with E-state index in [1.807, 2.05) is 0 Å². The van der Waals surface area contributed by atoms with Gasteiger partial charge in [0.2, 0.25) is 0 Å². The molecule has 0 unspecified atom stereocenters. The molecule has 1 aromatic rings. The molecule has 1 saturated heterocycles. The molecule has 0 spiro atoms. The van der Waals surface area contributed by atoms with Crippen molar-refractivity contribution in [2.75, 3.05) is 6.54 Å². The van der Waals surface area contributed by atoms with E-state index in [1.165, 1.54) is 11.8 Å². The van der Waals surface area contributed by atoms with Crippen LogP contribution in [-0.4, -0.2) is 35.2 Å². The minimum Gasteiger partial charge on any atom is -0.456 e. The molecular weight excluding hydrogens is 306 g/mol. The molecule has 128 valence electrons. The second-order valence-corrected chi connectivity index (χ2v) is 6.37. The molecule has 0 aliphatic carbocycles. The van der Waals surface area contributed by atoms with E-state index in [0.29, 0.717) is 19.4 Å². The lowest BCUT2D eigenvalue weighted by Gasteiger charge is -2.27. The number of esters is 1. The topological polar surface area (TPSA) is 99.2 Å². The van der Waals surface area contributed by atoms with Crippen molar-refractivity contribution in [1.82, 2.24) is 4.90 Å². The first kappa shape index (κ1) is 17.1. The third kappa shape index (κ3) is 4.37. The zero-order valence-corrected chi connectivity index (χ0v) is 13.7. The largest absolute Gasteiger partial charge is 0.519 e. The molecule has 1 aliphatic heterocycles. The molecule has 1 atom stereocenters. The monoisotopic (exact) mass is 327 g/mol. The second kappa shape index (κ2) is 6.47. The van der Waals surface area contributed by atoms with Crippen molar-refractivity contribution in [1.29, 1.82) is 0 Å². The van der Waals surface area contributed by atoms with Crippen molar-refractivity contribution in [2.45, 2.75) is 58.8 Å². The number of hydrogen-bond donors (Lipinski definition) is 0. The summed E-state index contributed by atoms with van der Waals surface area (Å²) in [6, 6.07) is -0.691. The summed E-state index contributed by atoms with van der Waals surface area (Å²) in [5.41, 5.74) is -0.633. The predicted octanol–water partition coefficient (Wildman–Crippen LogP) is 1.98. The molecular formula is C15H21NO7. The van der Waals surface area contributed by atoms with Gasteiger partial charge in [-0.3, -0.25) is 4.90 Å². The molecule has 2 rings (SSSR count). The number of carbonyl (C=O) groups excluding carboxylic acids is 2. The maximum Gasteiger partial charge on any atom is 0.519 e. The Labute approximate surface area is 133 Å². The Morgan fingerprint density at radius 2 is 2.00 bits per heavy atom. The van der Waals surface area contributed by atoms with Gasteiger partial charge < -0.3 is 18.3 Å². The van der Waals surface area contributed by atoms with Crippen LogP contribution in [0.25, 0.3) is 0 Å². The van der Waals surface area contributed by atoms with Crippen molar-refractivity contribution in [3.63, 3.8) is 0 Å². The number of hydrogen-bond acceptors (Lipinski definition) is 7. The van der Waals surface area contributed by atoms with Gasteiger partial charge >= 0.3 is 17.9 Å². The van der Waals surface area contributed by atoms with Gasteiger partial charge in [0.05, 0.1) is 0 Å². The zero-order chi connectivity index (χ0) is 17.2. The fraction of sp³-hybridized carbons (Fsp3) is 0.667. The van der Waals surface area contributed by atoms with E-state index in [0.717, 1.165) is 0 Å². The van der Waals surface area contributed by atoms with Gasteiger partial charge in [-0.25, -0.2) is 14.4 Å². The summed E-state index contributed by atoms with van der Waals surface area (Å²) in [6.07, 6.45) is 0.661.